The number of thiophene rings is 1. The third-order valence-electron chi connectivity index (χ3n) is 3.78. The summed E-state index contributed by atoms with van der Waals surface area (Å²) >= 11 is 1.50. The van der Waals surface area contributed by atoms with Crippen LogP contribution in [0.15, 0.2) is 23.2 Å². The molecule has 23 heavy (non-hydrogen) atoms. The lowest BCUT2D eigenvalue weighted by Crippen LogP contribution is -1.99. The van der Waals surface area contributed by atoms with Crippen LogP contribution in [-0.4, -0.2) is 11.1 Å². The van der Waals surface area contributed by atoms with E-state index in [2.05, 4.69) is 11.1 Å². The fourth-order valence-corrected chi connectivity index (χ4v) is 3.83. The van der Waals surface area contributed by atoms with Crippen LogP contribution in [0, 0.1) is 21.4 Å². The first-order valence-corrected chi connectivity index (χ1v) is 7.96. The Hall–Kier alpha value is -2.72. The summed E-state index contributed by atoms with van der Waals surface area (Å²) in [6.45, 7) is 0. The lowest BCUT2D eigenvalue weighted by Gasteiger charge is -2.09. The van der Waals surface area contributed by atoms with Gasteiger partial charge in [0.05, 0.1) is 10.5 Å². The number of hydrogen-bond donors (Lipinski definition) is 0. The molecule has 1 aliphatic rings. The molecule has 116 valence electrons. The van der Waals surface area contributed by atoms with Gasteiger partial charge in [-0.1, -0.05) is 12.1 Å². The number of nitro benzene ring substituents is 1. The maximum Gasteiger partial charge on any atom is 0.262 e. The minimum atomic E-state index is -0.704. The molecule has 0 aliphatic heterocycles. The summed E-state index contributed by atoms with van der Waals surface area (Å²) in [5.41, 5.74) is 1.69. The second-order valence-electron chi connectivity index (χ2n) is 5.25. The zero-order valence-electron chi connectivity index (χ0n) is 12.1. The highest BCUT2D eigenvalue weighted by molar-refractivity contribution is 7.16. The number of nitrogens with zero attached hydrogens (tertiary/aromatic N) is 3. The first kappa shape index (κ1) is 15.2. The number of fused-ring (bicyclic) bond motifs is 1. The van der Waals surface area contributed by atoms with Crippen LogP contribution in [0.2, 0.25) is 0 Å². The SMILES string of the molecule is N#Cc1c(N=Cc2ccc([O-])c([N+](=O)[O-])c2)sc2c1CCCC2. The molecule has 0 saturated carbocycles. The first-order chi connectivity index (χ1) is 11.1. The number of aliphatic imine (C=N–C) groups is 1. The van der Waals surface area contributed by atoms with Crippen molar-refractivity contribution in [3.8, 4) is 11.8 Å². The molecular formula is C16H12N3O3S-. The van der Waals surface area contributed by atoms with Gasteiger partial charge in [-0.2, -0.15) is 5.26 Å². The quantitative estimate of drug-likeness (QED) is 0.490. The van der Waals surface area contributed by atoms with Gasteiger partial charge in [-0.3, -0.25) is 10.1 Å². The first-order valence-electron chi connectivity index (χ1n) is 7.14. The molecule has 3 rings (SSSR count). The molecule has 0 amide bonds. The summed E-state index contributed by atoms with van der Waals surface area (Å²) in [4.78, 5) is 15.6. The predicted octanol–water partition coefficient (Wildman–Crippen LogP) is 3.23. The van der Waals surface area contributed by atoms with Crippen molar-refractivity contribution in [2.45, 2.75) is 25.7 Å². The zero-order chi connectivity index (χ0) is 16.4. The minimum absolute atomic E-state index is 0.464. The summed E-state index contributed by atoms with van der Waals surface area (Å²) in [7, 11) is 0. The summed E-state index contributed by atoms with van der Waals surface area (Å²) < 4.78 is 0. The van der Waals surface area contributed by atoms with Gasteiger partial charge in [-0.25, -0.2) is 4.99 Å². The van der Waals surface area contributed by atoms with Crippen molar-refractivity contribution in [1.82, 2.24) is 0 Å². The number of benzene rings is 1. The van der Waals surface area contributed by atoms with Gasteiger partial charge in [0, 0.05) is 17.2 Å². The smallest absolute Gasteiger partial charge is 0.262 e. The van der Waals surface area contributed by atoms with E-state index in [9.17, 15) is 20.5 Å². The van der Waals surface area contributed by atoms with Crippen molar-refractivity contribution in [1.29, 1.82) is 5.26 Å². The largest absolute Gasteiger partial charge is 0.868 e. The molecule has 0 bridgehead atoms. The van der Waals surface area contributed by atoms with Crippen LogP contribution >= 0.6 is 11.3 Å². The molecule has 2 aromatic rings. The van der Waals surface area contributed by atoms with Crippen LogP contribution in [0.5, 0.6) is 5.75 Å². The van der Waals surface area contributed by atoms with E-state index in [1.54, 1.807) is 0 Å². The van der Waals surface area contributed by atoms with Gasteiger partial charge >= 0.3 is 0 Å². The molecule has 0 saturated heterocycles. The summed E-state index contributed by atoms with van der Waals surface area (Å²) in [5.74, 6) is -0.628. The van der Waals surface area contributed by atoms with Gasteiger partial charge in [0.2, 0.25) is 0 Å². The average Bonchev–Trinajstić information content (AvgIpc) is 2.91. The molecule has 0 spiro atoms. The molecule has 1 heterocycles. The molecular weight excluding hydrogens is 314 g/mol. The fraction of sp³-hybridized carbons (Fsp3) is 0.250. The Morgan fingerprint density at radius 2 is 2.13 bits per heavy atom. The van der Waals surface area contributed by atoms with Crippen LogP contribution in [-0.2, 0) is 12.8 Å². The third-order valence-corrected chi connectivity index (χ3v) is 4.97. The van der Waals surface area contributed by atoms with Crippen LogP contribution in [0.4, 0.5) is 10.7 Å². The molecule has 1 aliphatic carbocycles. The average molecular weight is 326 g/mol. The number of hydrogen-bond acceptors (Lipinski definition) is 6. The van der Waals surface area contributed by atoms with Gasteiger partial charge in [-0.05, 0) is 42.6 Å². The molecule has 0 fully saturated rings. The van der Waals surface area contributed by atoms with Crippen molar-refractivity contribution in [3.05, 3.63) is 49.9 Å². The minimum Gasteiger partial charge on any atom is -0.868 e. The molecule has 0 radical (unpaired) electrons. The Morgan fingerprint density at radius 3 is 2.87 bits per heavy atom. The normalized spacial score (nSPS) is 13.7. The Kier molecular flexibility index (Phi) is 4.08. The van der Waals surface area contributed by atoms with Gasteiger partial charge in [-0.15, -0.1) is 11.3 Å². The molecule has 0 N–H and O–H groups in total. The van der Waals surface area contributed by atoms with Gasteiger partial charge in [0.15, 0.2) is 0 Å². The summed E-state index contributed by atoms with van der Waals surface area (Å²) in [6, 6.07) is 6.06. The molecule has 1 aromatic carbocycles. The highest BCUT2D eigenvalue weighted by Gasteiger charge is 2.20. The Balaban J connectivity index is 1.95. The number of aryl methyl sites for hydroxylation is 1. The van der Waals surface area contributed by atoms with Crippen molar-refractivity contribution in [2.24, 2.45) is 4.99 Å². The molecule has 1 aromatic heterocycles. The van der Waals surface area contributed by atoms with Crippen molar-refractivity contribution in [3.63, 3.8) is 0 Å². The van der Waals surface area contributed by atoms with Crippen LogP contribution in [0.3, 0.4) is 0 Å². The Labute approximate surface area is 136 Å². The summed E-state index contributed by atoms with van der Waals surface area (Å²) in [5, 5.41) is 32.2. The van der Waals surface area contributed by atoms with Crippen molar-refractivity contribution < 1.29 is 10.0 Å². The van der Waals surface area contributed by atoms with Crippen molar-refractivity contribution in [2.75, 3.05) is 0 Å². The zero-order valence-corrected chi connectivity index (χ0v) is 12.9. The monoisotopic (exact) mass is 326 g/mol. The standard InChI is InChI=1S/C16H13N3O3S/c17-8-12-11-3-1-2-4-15(11)23-16(12)18-9-10-5-6-14(20)13(7-10)19(21)22/h5-7,9,20H,1-4H2/p-1. The van der Waals surface area contributed by atoms with Crippen molar-refractivity contribution >= 4 is 28.2 Å². The van der Waals surface area contributed by atoms with Crippen LogP contribution in [0.25, 0.3) is 0 Å². The number of nitriles is 1. The lowest BCUT2D eigenvalue weighted by atomic mass is 9.96. The maximum atomic E-state index is 11.4. The Bertz CT molecular complexity index is 849. The summed E-state index contributed by atoms with van der Waals surface area (Å²) in [6.07, 6.45) is 5.54. The molecule has 6 nitrogen and oxygen atoms in total. The highest BCUT2D eigenvalue weighted by atomic mass is 32.1. The molecule has 7 heteroatoms. The maximum absolute atomic E-state index is 11.4. The van der Waals surface area contributed by atoms with Gasteiger partial charge < -0.3 is 5.11 Å². The van der Waals surface area contributed by atoms with E-state index in [-0.39, 0.29) is 0 Å². The topological polar surface area (TPSA) is 102 Å². The van der Waals surface area contributed by atoms with Gasteiger partial charge in [0.1, 0.15) is 11.1 Å². The van der Waals surface area contributed by atoms with Crippen LogP contribution in [0.1, 0.15) is 34.4 Å². The van der Waals surface area contributed by atoms with E-state index < -0.39 is 16.4 Å². The molecule has 0 unspecified atom stereocenters. The van der Waals surface area contributed by atoms with E-state index in [4.69, 9.17) is 0 Å². The Morgan fingerprint density at radius 1 is 1.35 bits per heavy atom. The number of rotatable bonds is 3. The predicted molar refractivity (Wildman–Crippen MR) is 85.5 cm³/mol. The van der Waals surface area contributed by atoms with E-state index in [0.29, 0.717) is 16.1 Å². The highest BCUT2D eigenvalue weighted by Crippen LogP contribution is 2.39. The van der Waals surface area contributed by atoms with E-state index in [0.717, 1.165) is 37.3 Å². The van der Waals surface area contributed by atoms with Crippen LogP contribution < -0.4 is 5.11 Å². The fourth-order valence-electron chi connectivity index (χ4n) is 2.65. The molecule has 0 atom stereocenters. The van der Waals surface area contributed by atoms with E-state index in [1.165, 1.54) is 34.6 Å². The third kappa shape index (κ3) is 2.94. The van der Waals surface area contributed by atoms with E-state index >= 15 is 0 Å². The second-order valence-corrected chi connectivity index (χ2v) is 6.33. The van der Waals surface area contributed by atoms with E-state index in [1.807, 2.05) is 0 Å². The second kappa shape index (κ2) is 6.18. The number of nitro groups is 1. The lowest BCUT2D eigenvalue weighted by molar-refractivity contribution is -0.398. The van der Waals surface area contributed by atoms with Gasteiger partial charge in [0.25, 0.3) is 5.69 Å².